The molecule has 0 radical (unpaired) electrons. The molecular formula is C18H20N2O2. The molecule has 114 valence electrons. The fourth-order valence-electron chi connectivity index (χ4n) is 1.84. The molecule has 0 aliphatic rings. The molecule has 0 fully saturated rings. The third-order valence-electron chi connectivity index (χ3n) is 2.98. The van der Waals surface area contributed by atoms with Crippen LogP contribution in [0.25, 0.3) is 0 Å². The van der Waals surface area contributed by atoms with Gasteiger partial charge in [-0.1, -0.05) is 6.58 Å². The van der Waals surface area contributed by atoms with Crippen molar-refractivity contribution in [2.45, 2.75) is 13.8 Å². The van der Waals surface area contributed by atoms with Crippen LogP contribution in [0.5, 0.6) is 5.75 Å². The Bertz CT molecular complexity index is 646. The molecule has 0 bridgehead atoms. The molecule has 0 aliphatic carbocycles. The second kappa shape index (κ2) is 7.31. The maximum Gasteiger partial charge on any atom is 0.250 e. The van der Waals surface area contributed by atoms with Crippen molar-refractivity contribution < 1.29 is 9.53 Å². The Morgan fingerprint density at radius 3 is 2.00 bits per heavy atom. The van der Waals surface area contributed by atoms with Gasteiger partial charge in [0.25, 0.3) is 5.91 Å². The summed E-state index contributed by atoms with van der Waals surface area (Å²) in [5, 5.41) is 6.06. The van der Waals surface area contributed by atoms with Crippen LogP contribution in [0.2, 0.25) is 0 Å². The molecule has 0 aliphatic heterocycles. The van der Waals surface area contributed by atoms with Gasteiger partial charge in [0.15, 0.2) is 0 Å². The van der Waals surface area contributed by atoms with E-state index in [9.17, 15) is 4.79 Å². The van der Waals surface area contributed by atoms with E-state index in [1.54, 1.807) is 6.92 Å². The highest BCUT2D eigenvalue weighted by molar-refractivity contribution is 6.02. The van der Waals surface area contributed by atoms with E-state index in [1.165, 1.54) is 0 Å². The lowest BCUT2D eigenvalue weighted by Gasteiger charge is -2.09. The topological polar surface area (TPSA) is 50.4 Å². The molecule has 0 unspecified atom stereocenters. The van der Waals surface area contributed by atoms with Gasteiger partial charge in [-0.25, -0.2) is 0 Å². The van der Waals surface area contributed by atoms with Crippen LogP contribution < -0.4 is 15.4 Å². The van der Waals surface area contributed by atoms with Crippen molar-refractivity contribution in [3.63, 3.8) is 0 Å². The predicted molar refractivity (Wildman–Crippen MR) is 90.8 cm³/mol. The minimum absolute atomic E-state index is 0.174. The minimum Gasteiger partial charge on any atom is -0.494 e. The zero-order valence-electron chi connectivity index (χ0n) is 12.8. The van der Waals surface area contributed by atoms with Crippen LogP contribution in [0.3, 0.4) is 0 Å². The van der Waals surface area contributed by atoms with Crippen LogP contribution in [-0.2, 0) is 4.79 Å². The Hall–Kier alpha value is -2.75. The molecule has 2 aromatic carbocycles. The van der Waals surface area contributed by atoms with Gasteiger partial charge in [-0.15, -0.1) is 0 Å². The third-order valence-corrected chi connectivity index (χ3v) is 2.98. The van der Waals surface area contributed by atoms with Gasteiger partial charge in [0.2, 0.25) is 0 Å². The van der Waals surface area contributed by atoms with Crippen LogP contribution in [0.1, 0.15) is 13.8 Å². The van der Waals surface area contributed by atoms with Crippen LogP contribution in [0, 0.1) is 0 Å². The van der Waals surface area contributed by atoms with Crippen molar-refractivity contribution in [1.29, 1.82) is 0 Å². The van der Waals surface area contributed by atoms with Crippen molar-refractivity contribution in [1.82, 2.24) is 0 Å². The standard InChI is InChI=1S/C18H20N2O2/c1-4-22-17-11-9-15(10-12-17)19-14-5-7-16(8-6-14)20-18(21)13(2)3/h5-12,19H,2,4H2,1,3H3,(H,20,21). The van der Waals surface area contributed by atoms with E-state index in [2.05, 4.69) is 17.2 Å². The monoisotopic (exact) mass is 296 g/mol. The molecule has 4 nitrogen and oxygen atoms in total. The summed E-state index contributed by atoms with van der Waals surface area (Å²) in [6.07, 6.45) is 0. The number of anilines is 3. The Labute approximate surface area is 130 Å². The number of ether oxygens (including phenoxy) is 1. The maximum atomic E-state index is 11.5. The van der Waals surface area contributed by atoms with Gasteiger partial charge in [-0.3, -0.25) is 4.79 Å². The highest BCUT2D eigenvalue weighted by atomic mass is 16.5. The molecule has 4 heteroatoms. The van der Waals surface area contributed by atoms with Gasteiger partial charge in [0, 0.05) is 22.6 Å². The number of hydrogen-bond donors (Lipinski definition) is 2. The van der Waals surface area contributed by atoms with E-state index in [0.717, 1.165) is 22.8 Å². The van der Waals surface area contributed by atoms with Gasteiger partial charge in [-0.05, 0) is 62.4 Å². The maximum absolute atomic E-state index is 11.5. The lowest BCUT2D eigenvalue weighted by Crippen LogP contribution is -2.11. The molecule has 2 rings (SSSR count). The number of carbonyl (C=O) groups is 1. The summed E-state index contributed by atoms with van der Waals surface area (Å²) in [7, 11) is 0. The van der Waals surface area contributed by atoms with E-state index >= 15 is 0 Å². The van der Waals surface area contributed by atoms with Crippen LogP contribution in [-0.4, -0.2) is 12.5 Å². The normalized spacial score (nSPS) is 9.91. The largest absolute Gasteiger partial charge is 0.494 e. The van der Waals surface area contributed by atoms with Gasteiger partial charge in [0.05, 0.1) is 6.61 Å². The molecule has 22 heavy (non-hydrogen) atoms. The highest BCUT2D eigenvalue weighted by Gasteiger charge is 2.02. The van der Waals surface area contributed by atoms with Crippen LogP contribution in [0.15, 0.2) is 60.7 Å². The second-order valence-electron chi connectivity index (χ2n) is 4.89. The highest BCUT2D eigenvalue weighted by Crippen LogP contribution is 2.21. The third kappa shape index (κ3) is 4.38. The molecule has 0 saturated heterocycles. The second-order valence-corrected chi connectivity index (χ2v) is 4.89. The summed E-state index contributed by atoms with van der Waals surface area (Å²) in [6, 6.07) is 15.3. The minimum atomic E-state index is -0.174. The average molecular weight is 296 g/mol. The summed E-state index contributed by atoms with van der Waals surface area (Å²) in [4.78, 5) is 11.5. The van der Waals surface area contributed by atoms with E-state index in [0.29, 0.717) is 12.2 Å². The van der Waals surface area contributed by atoms with Gasteiger partial charge < -0.3 is 15.4 Å². The number of rotatable bonds is 6. The Balaban J connectivity index is 1.98. The molecule has 0 atom stereocenters. The molecule has 0 aromatic heterocycles. The first-order valence-corrected chi connectivity index (χ1v) is 7.15. The number of hydrogen-bond acceptors (Lipinski definition) is 3. The molecule has 0 spiro atoms. The van der Waals surface area contributed by atoms with E-state index in [-0.39, 0.29) is 5.91 Å². The Kier molecular flexibility index (Phi) is 5.20. The van der Waals surface area contributed by atoms with E-state index in [1.807, 2.05) is 55.5 Å². The number of carbonyl (C=O) groups excluding carboxylic acids is 1. The fraction of sp³-hybridized carbons (Fsp3) is 0.167. The molecule has 1 amide bonds. The Morgan fingerprint density at radius 1 is 1.00 bits per heavy atom. The first-order valence-electron chi connectivity index (χ1n) is 7.15. The van der Waals surface area contributed by atoms with Crippen molar-refractivity contribution >= 4 is 23.0 Å². The zero-order valence-corrected chi connectivity index (χ0v) is 12.8. The van der Waals surface area contributed by atoms with E-state index in [4.69, 9.17) is 4.74 Å². The first-order chi connectivity index (χ1) is 10.6. The van der Waals surface area contributed by atoms with Crippen LogP contribution in [0.4, 0.5) is 17.1 Å². The quantitative estimate of drug-likeness (QED) is 0.779. The van der Waals surface area contributed by atoms with E-state index < -0.39 is 0 Å². The number of benzene rings is 2. The number of amides is 1. The van der Waals surface area contributed by atoms with Crippen molar-refractivity contribution in [2.75, 3.05) is 17.2 Å². The lowest BCUT2D eigenvalue weighted by atomic mass is 10.2. The summed E-state index contributed by atoms with van der Waals surface area (Å²) in [5.74, 6) is 0.679. The molecule has 0 heterocycles. The SMILES string of the molecule is C=C(C)C(=O)Nc1ccc(Nc2ccc(OCC)cc2)cc1. The van der Waals surface area contributed by atoms with Gasteiger partial charge in [0.1, 0.15) is 5.75 Å². The lowest BCUT2D eigenvalue weighted by molar-refractivity contribution is -0.112. The summed E-state index contributed by atoms with van der Waals surface area (Å²) in [5.41, 5.74) is 3.14. The summed E-state index contributed by atoms with van der Waals surface area (Å²) < 4.78 is 5.41. The smallest absolute Gasteiger partial charge is 0.250 e. The zero-order chi connectivity index (χ0) is 15.9. The van der Waals surface area contributed by atoms with Crippen molar-refractivity contribution in [3.8, 4) is 5.75 Å². The summed E-state index contributed by atoms with van der Waals surface area (Å²) >= 11 is 0. The average Bonchev–Trinajstić information content (AvgIpc) is 2.51. The van der Waals surface area contributed by atoms with Crippen molar-refractivity contribution in [2.24, 2.45) is 0 Å². The van der Waals surface area contributed by atoms with Crippen molar-refractivity contribution in [3.05, 3.63) is 60.7 Å². The van der Waals surface area contributed by atoms with Crippen LogP contribution >= 0.6 is 0 Å². The molecule has 0 saturated carbocycles. The number of nitrogens with one attached hydrogen (secondary N) is 2. The van der Waals surface area contributed by atoms with Gasteiger partial charge >= 0.3 is 0 Å². The molecular weight excluding hydrogens is 276 g/mol. The predicted octanol–water partition coefficient (Wildman–Crippen LogP) is 4.34. The summed E-state index contributed by atoms with van der Waals surface area (Å²) in [6.45, 7) is 7.90. The first kappa shape index (κ1) is 15.6. The fourth-order valence-corrected chi connectivity index (χ4v) is 1.84. The van der Waals surface area contributed by atoms with Gasteiger partial charge in [-0.2, -0.15) is 0 Å². The molecule has 2 aromatic rings. The Morgan fingerprint density at radius 2 is 1.50 bits per heavy atom. The molecule has 2 N–H and O–H groups in total.